The number of ether oxygens (including phenoxy) is 1. The van der Waals surface area contributed by atoms with Gasteiger partial charge in [0.25, 0.3) is 11.5 Å². The van der Waals surface area contributed by atoms with Gasteiger partial charge in [-0.15, -0.1) is 0 Å². The molecule has 0 radical (unpaired) electrons. The van der Waals surface area contributed by atoms with E-state index in [4.69, 9.17) is 27.9 Å². The average molecular weight is 447 g/mol. The number of halogens is 3. The first-order valence-corrected chi connectivity index (χ1v) is 10.6. The van der Waals surface area contributed by atoms with Crippen LogP contribution in [0.1, 0.15) is 42.6 Å². The second-order valence-corrected chi connectivity index (χ2v) is 8.54. The van der Waals surface area contributed by atoms with E-state index in [2.05, 4.69) is 9.97 Å². The van der Waals surface area contributed by atoms with Crippen LogP contribution < -0.4 is 10.3 Å². The van der Waals surface area contributed by atoms with E-state index < -0.39 is 17.3 Å². The minimum absolute atomic E-state index is 0.0872. The molecule has 0 atom stereocenters. The molecule has 0 saturated heterocycles. The maximum Gasteiger partial charge on any atom is 0.296 e. The summed E-state index contributed by atoms with van der Waals surface area (Å²) in [4.78, 5) is 19.2. The van der Waals surface area contributed by atoms with Crippen molar-refractivity contribution in [2.24, 2.45) is 0 Å². The van der Waals surface area contributed by atoms with Crippen LogP contribution in [0.5, 0.6) is 5.75 Å². The summed E-state index contributed by atoms with van der Waals surface area (Å²) in [5, 5.41) is 1.21. The molecule has 156 valence electrons. The van der Waals surface area contributed by atoms with Crippen molar-refractivity contribution in [2.45, 2.75) is 44.1 Å². The van der Waals surface area contributed by atoms with Gasteiger partial charge in [0.2, 0.25) is 5.75 Å². The first-order chi connectivity index (χ1) is 14.5. The summed E-state index contributed by atoms with van der Waals surface area (Å²) in [6.45, 7) is 0.0872. The number of H-pyrrole nitrogens is 1. The fraction of sp³-hybridized carbons (Fsp3) is 0.304. The second kappa shape index (κ2) is 8.78. The summed E-state index contributed by atoms with van der Waals surface area (Å²) < 4.78 is 20.1. The van der Waals surface area contributed by atoms with Crippen LogP contribution in [0.15, 0.2) is 53.3 Å². The van der Waals surface area contributed by atoms with Crippen LogP contribution in [0, 0.1) is 5.95 Å². The van der Waals surface area contributed by atoms with E-state index in [1.165, 1.54) is 0 Å². The number of aromatic nitrogens is 2. The topological polar surface area (TPSA) is 55.0 Å². The lowest BCUT2D eigenvalue weighted by Crippen LogP contribution is -2.29. The molecule has 7 heteroatoms. The highest BCUT2D eigenvalue weighted by Crippen LogP contribution is 2.46. The Morgan fingerprint density at radius 1 is 1.10 bits per heavy atom. The number of rotatable bonds is 6. The number of aromatic amines is 1. The first-order valence-electron chi connectivity index (χ1n) is 9.88. The van der Waals surface area contributed by atoms with Crippen LogP contribution in [0.2, 0.25) is 10.0 Å². The fourth-order valence-corrected chi connectivity index (χ4v) is 4.72. The molecule has 0 spiro atoms. The summed E-state index contributed by atoms with van der Waals surface area (Å²) in [5.41, 5.74) is 0.790. The Morgan fingerprint density at radius 3 is 2.53 bits per heavy atom. The van der Waals surface area contributed by atoms with Gasteiger partial charge in [-0.3, -0.25) is 4.79 Å². The number of nitrogens with zero attached hydrogens (tertiary/aromatic N) is 1. The standard InChI is InChI=1S/C23H21Cl2FN2O2/c24-16-8-9-18(25)17(12-16)23(10-4-5-11-23)13-19-27-21(26)20(22(29)28-19)30-14-15-6-2-1-3-7-15/h1-3,6-9,12H,4-5,10-11,13-14H2,(H,27,28,29). The Balaban J connectivity index is 1.61. The number of nitrogens with one attached hydrogen (secondary N) is 1. The molecule has 1 N–H and O–H groups in total. The van der Waals surface area contributed by atoms with Crippen molar-refractivity contribution in [3.63, 3.8) is 0 Å². The van der Waals surface area contributed by atoms with Gasteiger partial charge in [0.1, 0.15) is 12.4 Å². The molecule has 3 aromatic rings. The Labute approximate surface area is 184 Å². The van der Waals surface area contributed by atoms with E-state index in [0.29, 0.717) is 16.5 Å². The third-order valence-electron chi connectivity index (χ3n) is 5.68. The van der Waals surface area contributed by atoms with E-state index in [9.17, 15) is 9.18 Å². The zero-order valence-corrected chi connectivity index (χ0v) is 17.8. The van der Waals surface area contributed by atoms with Crippen molar-refractivity contribution in [2.75, 3.05) is 0 Å². The Morgan fingerprint density at radius 2 is 1.83 bits per heavy atom. The molecule has 0 aliphatic heterocycles. The zero-order valence-electron chi connectivity index (χ0n) is 16.3. The molecule has 0 bridgehead atoms. The van der Waals surface area contributed by atoms with Gasteiger partial charge in [-0.05, 0) is 42.2 Å². The summed E-state index contributed by atoms with van der Waals surface area (Å²) in [6.07, 6.45) is 4.15. The number of benzene rings is 2. The van der Waals surface area contributed by atoms with E-state index >= 15 is 0 Å². The summed E-state index contributed by atoms with van der Waals surface area (Å²) in [6, 6.07) is 14.6. The van der Waals surface area contributed by atoms with Gasteiger partial charge in [-0.2, -0.15) is 4.39 Å². The summed E-state index contributed by atoms with van der Waals surface area (Å²) in [5.74, 6) is -1.03. The maximum atomic E-state index is 14.7. The highest BCUT2D eigenvalue weighted by molar-refractivity contribution is 6.33. The molecule has 0 unspecified atom stereocenters. The van der Waals surface area contributed by atoms with Crippen LogP contribution in [0.3, 0.4) is 0 Å². The maximum absolute atomic E-state index is 14.7. The summed E-state index contributed by atoms with van der Waals surface area (Å²) in [7, 11) is 0. The lowest BCUT2D eigenvalue weighted by atomic mass is 9.76. The van der Waals surface area contributed by atoms with Crippen LogP contribution >= 0.6 is 23.2 Å². The SMILES string of the molecule is O=c1[nH]c(CC2(c3cc(Cl)ccc3Cl)CCCC2)nc(F)c1OCc1ccccc1. The van der Waals surface area contributed by atoms with Gasteiger partial charge in [-0.1, -0.05) is 66.4 Å². The molecule has 1 heterocycles. The third kappa shape index (κ3) is 4.37. The smallest absolute Gasteiger partial charge is 0.296 e. The van der Waals surface area contributed by atoms with Gasteiger partial charge in [0, 0.05) is 21.9 Å². The van der Waals surface area contributed by atoms with Gasteiger partial charge in [0.05, 0.1) is 0 Å². The van der Waals surface area contributed by atoms with E-state index in [-0.39, 0.29) is 17.8 Å². The van der Waals surface area contributed by atoms with E-state index in [1.54, 1.807) is 12.1 Å². The van der Waals surface area contributed by atoms with Gasteiger partial charge >= 0.3 is 0 Å². The fourth-order valence-electron chi connectivity index (χ4n) is 4.23. The highest BCUT2D eigenvalue weighted by atomic mass is 35.5. The van der Waals surface area contributed by atoms with Gasteiger partial charge in [0.15, 0.2) is 0 Å². The van der Waals surface area contributed by atoms with Crippen molar-refractivity contribution < 1.29 is 9.13 Å². The molecule has 4 rings (SSSR count). The van der Waals surface area contributed by atoms with Crippen molar-refractivity contribution in [1.82, 2.24) is 9.97 Å². The molecular weight excluding hydrogens is 426 g/mol. The van der Waals surface area contributed by atoms with Crippen LogP contribution in [0.4, 0.5) is 4.39 Å². The summed E-state index contributed by atoms with van der Waals surface area (Å²) >= 11 is 12.7. The van der Waals surface area contributed by atoms with Crippen LogP contribution in [-0.2, 0) is 18.4 Å². The van der Waals surface area contributed by atoms with E-state index in [0.717, 1.165) is 36.8 Å². The Kier molecular flexibility index (Phi) is 6.11. The molecular formula is C23H21Cl2FN2O2. The lowest BCUT2D eigenvalue weighted by Gasteiger charge is -2.30. The molecule has 1 fully saturated rings. The van der Waals surface area contributed by atoms with Crippen LogP contribution in [0.25, 0.3) is 0 Å². The van der Waals surface area contributed by atoms with Gasteiger partial charge in [-0.25, -0.2) is 4.98 Å². The molecule has 1 aromatic heterocycles. The monoisotopic (exact) mass is 446 g/mol. The molecule has 2 aromatic carbocycles. The zero-order chi connectivity index (χ0) is 21.1. The first kappa shape index (κ1) is 20.9. The Bertz CT molecular complexity index is 1100. The molecule has 1 saturated carbocycles. The minimum Gasteiger partial charge on any atom is -0.480 e. The molecule has 4 nitrogen and oxygen atoms in total. The third-order valence-corrected chi connectivity index (χ3v) is 6.24. The van der Waals surface area contributed by atoms with Crippen LogP contribution in [-0.4, -0.2) is 9.97 Å². The van der Waals surface area contributed by atoms with E-state index in [1.807, 2.05) is 36.4 Å². The van der Waals surface area contributed by atoms with Crippen molar-refractivity contribution in [3.05, 3.63) is 91.8 Å². The minimum atomic E-state index is -0.907. The second-order valence-electron chi connectivity index (χ2n) is 7.70. The van der Waals surface area contributed by atoms with Crippen molar-refractivity contribution in [3.8, 4) is 5.75 Å². The van der Waals surface area contributed by atoms with Gasteiger partial charge < -0.3 is 9.72 Å². The average Bonchev–Trinajstić information content (AvgIpc) is 3.19. The highest BCUT2D eigenvalue weighted by Gasteiger charge is 2.38. The predicted octanol–water partition coefficient (Wildman–Crippen LogP) is 5.85. The number of hydrogen-bond acceptors (Lipinski definition) is 3. The number of hydrogen-bond donors (Lipinski definition) is 1. The largest absolute Gasteiger partial charge is 0.480 e. The molecule has 1 aliphatic carbocycles. The Hall–Kier alpha value is -2.37. The molecule has 0 amide bonds. The van der Waals surface area contributed by atoms with Crippen molar-refractivity contribution >= 4 is 23.2 Å². The lowest BCUT2D eigenvalue weighted by molar-refractivity contribution is 0.278. The normalized spacial score (nSPS) is 15.3. The predicted molar refractivity (Wildman–Crippen MR) is 116 cm³/mol. The van der Waals surface area contributed by atoms with Crippen molar-refractivity contribution in [1.29, 1.82) is 0 Å². The quantitative estimate of drug-likeness (QED) is 0.483. The molecule has 1 aliphatic rings. The molecule has 30 heavy (non-hydrogen) atoms.